The maximum absolute atomic E-state index is 11.6. The fourth-order valence-corrected chi connectivity index (χ4v) is 2.21. The summed E-state index contributed by atoms with van der Waals surface area (Å²) in [5.74, 6) is 0.562. The lowest BCUT2D eigenvalue weighted by Crippen LogP contribution is -2.43. The van der Waals surface area contributed by atoms with Crippen LogP contribution in [0.2, 0.25) is 0 Å². The fourth-order valence-electron chi connectivity index (χ4n) is 1.47. The molecule has 0 amide bonds. The van der Waals surface area contributed by atoms with Crippen molar-refractivity contribution >= 4 is 40.7 Å². The van der Waals surface area contributed by atoms with Crippen molar-refractivity contribution in [2.75, 3.05) is 24.4 Å². The molecule has 6 heteroatoms. The second-order valence-corrected chi connectivity index (χ2v) is 5.22. The SMILES string of the molecule is COC(=O)[C@H](CCSC)NC(=S)Nc1ccccc1. The summed E-state index contributed by atoms with van der Waals surface area (Å²) in [5.41, 5.74) is 0.883. The molecule has 0 saturated heterocycles. The Morgan fingerprint density at radius 1 is 1.42 bits per heavy atom. The number of carbonyl (C=O) groups is 1. The molecule has 0 saturated carbocycles. The molecule has 104 valence electrons. The third kappa shape index (κ3) is 5.94. The highest BCUT2D eigenvalue weighted by Crippen LogP contribution is 2.06. The maximum Gasteiger partial charge on any atom is 0.328 e. The molecule has 1 rings (SSSR count). The first-order valence-electron chi connectivity index (χ1n) is 5.86. The third-order valence-corrected chi connectivity index (χ3v) is 3.30. The van der Waals surface area contributed by atoms with Crippen molar-refractivity contribution in [2.24, 2.45) is 0 Å². The van der Waals surface area contributed by atoms with Crippen LogP contribution in [0.5, 0.6) is 0 Å². The highest BCUT2D eigenvalue weighted by atomic mass is 32.2. The van der Waals surface area contributed by atoms with Crippen LogP contribution in [0.25, 0.3) is 0 Å². The van der Waals surface area contributed by atoms with E-state index in [0.717, 1.165) is 11.4 Å². The minimum Gasteiger partial charge on any atom is -0.467 e. The van der Waals surface area contributed by atoms with Gasteiger partial charge in [-0.05, 0) is 42.8 Å². The first-order chi connectivity index (χ1) is 9.17. The minimum absolute atomic E-state index is 0.300. The Kier molecular flexibility index (Phi) is 7.28. The Bertz CT molecular complexity index is 412. The van der Waals surface area contributed by atoms with Gasteiger partial charge in [0.1, 0.15) is 6.04 Å². The average Bonchev–Trinajstić information content (AvgIpc) is 2.43. The second-order valence-electron chi connectivity index (χ2n) is 3.82. The van der Waals surface area contributed by atoms with E-state index in [1.54, 1.807) is 11.8 Å². The van der Waals surface area contributed by atoms with Crippen molar-refractivity contribution in [3.63, 3.8) is 0 Å². The predicted molar refractivity (Wildman–Crippen MR) is 84.6 cm³/mol. The Labute approximate surface area is 123 Å². The number of hydrogen-bond donors (Lipinski definition) is 2. The van der Waals surface area contributed by atoms with Gasteiger partial charge in [-0.1, -0.05) is 18.2 Å². The van der Waals surface area contributed by atoms with Gasteiger partial charge in [0.15, 0.2) is 5.11 Å². The summed E-state index contributed by atoms with van der Waals surface area (Å²) in [7, 11) is 1.38. The van der Waals surface area contributed by atoms with Crippen LogP contribution < -0.4 is 10.6 Å². The largest absolute Gasteiger partial charge is 0.467 e. The second kappa shape index (κ2) is 8.77. The number of thiocarbonyl (C=S) groups is 1. The molecule has 1 atom stereocenters. The molecule has 19 heavy (non-hydrogen) atoms. The molecule has 1 aromatic carbocycles. The molecule has 0 aliphatic rings. The van der Waals surface area contributed by atoms with Crippen LogP contribution in [0.4, 0.5) is 5.69 Å². The molecule has 0 unspecified atom stereocenters. The highest BCUT2D eigenvalue weighted by Gasteiger charge is 2.19. The van der Waals surface area contributed by atoms with Crippen LogP contribution in [0.3, 0.4) is 0 Å². The first-order valence-corrected chi connectivity index (χ1v) is 7.67. The molecule has 1 aromatic rings. The van der Waals surface area contributed by atoms with Crippen LogP contribution in [0.1, 0.15) is 6.42 Å². The number of para-hydroxylation sites is 1. The van der Waals surface area contributed by atoms with Gasteiger partial charge in [0.05, 0.1) is 7.11 Å². The molecule has 0 aliphatic heterocycles. The number of thioether (sulfide) groups is 1. The maximum atomic E-state index is 11.6. The van der Waals surface area contributed by atoms with Gasteiger partial charge >= 0.3 is 5.97 Å². The number of hydrogen-bond acceptors (Lipinski definition) is 4. The summed E-state index contributed by atoms with van der Waals surface area (Å²) in [5, 5.41) is 6.44. The number of nitrogens with one attached hydrogen (secondary N) is 2. The third-order valence-electron chi connectivity index (χ3n) is 2.43. The molecular weight excluding hydrogens is 280 g/mol. The van der Waals surface area contributed by atoms with Crippen molar-refractivity contribution < 1.29 is 9.53 Å². The molecule has 0 aliphatic carbocycles. The molecule has 0 spiro atoms. The number of esters is 1. The van der Waals surface area contributed by atoms with Crippen LogP contribution in [-0.4, -0.2) is 36.2 Å². The van der Waals surface area contributed by atoms with E-state index >= 15 is 0 Å². The Morgan fingerprint density at radius 2 is 2.11 bits per heavy atom. The number of methoxy groups -OCH3 is 1. The van der Waals surface area contributed by atoms with Gasteiger partial charge in [0.25, 0.3) is 0 Å². The topological polar surface area (TPSA) is 50.4 Å². The van der Waals surface area contributed by atoms with E-state index in [-0.39, 0.29) is 5.97 Å². The predicted octanol–water partition coefficient (Wildman–Crippen LogP) is 2.27. The van der Waals surface area contributed by atoms with Gasteiger partial charge < -0.3 is 15.4 Å². The van der Waals surface area contributed by atoms with Crippen LogP contribution in [0, 0.1) is 0 Å². The lowest BCUT2D eigenvalue weighted by atomic mass is 10.2. The average molecular weight is 298 g/mol. The van der Waals surface area contributed by atoms with E-state index in [4.69, 9.17) is 17.0 Å². The molecule has 2 N–H and O–H groups in total. The lowest BCUT2D eigenvalue weighted by molar-refractivity contribution is -0.142. The van der Waals surface area contributed by atoms with Gasteiger partial charge in [-0.2, -0.15) is 11.8 Å². The van der Waals surface area contributed by atoms with Gasteiger partial charge in [-0.15, -0.1) is 0 Å². The van der Waals surface area contributed by atoms with Crippen molar-refractivity contribution in [1.29, 1.82) is 0 Å². The molecule has 0 radical (unpaired) electrons. The summed E-state index contributed by atoms with van der Waals surface area (Å²) in [6.07, 6.45) is 2.67. The van der Waals surface area contributed by atoms with E-state index in [2.05, 4.69) is 10.6 Å². The van der Waals surface area contributed by atoms with Gasteiger partial charge in [-0.25, -0.2) is 4.79 Å². The fraction of sp³-hybridized carbons (Fsp3) is 0.385. The molecular formula is C13H18N2O2S2. The summed E-state index contributed by atoms with van der Waals surface area (Å²) in [4.78, 5) is 11.6. The number of carbonyl (C=O) groups excluding carboxylic acids is 1. The van der Waals surface area contributed by atoms with Crippen LogP contribution >= 0.6 is 24.0 Å². The Balaban J connectivity index is 2.53. The molecule has 0 fully saturated rings. The van der Waals surface area contributed by atoms with E-state index in [0.29, 0.717) is 11.5 Å². The number of anilines is 1. The molecule has 4 nitrogen and oxygen atoms in total. The number of rotatable bonds is 6. The Morgan fingerprint density at radius 3 is 2.68 bits per heavy atom. The quantitative estimate of drug-likeness (QED) is 0.621. The van der Waals surface area contributed by atoms with Crippen molar-refractivity contribution in [1.82, 2.24) is 5.32 Å². The molecule has 0 aromatic heterocycles. The normalized spacial score (nSPS) is 11.5. The van der Waals surface area contributed by atoms with Crippen molar-refractivity contribution in [2.45, 2.75) is 12.5 Å². The van der Waals surface area contributed by atoms with E-state index in [1.807, 2.05) is 36.6 Å². The lowest BCUT2D eigenvalue weighted by Gasteiger charge is -2.18. The van der Waals surface area contributed by atoms with Crippen LogP contribution in [0.15, 0.2) is 30.3 Å². The summed E-state index contributed by atoms with van der Waals surface area (Å²) in [6.45, 7) is 0. The minimum atomic E-state index is -0.416. The van der Waals surface area contributed by atoms with E-state index in [9.17, 15) is 4.79 Å². The molecule has 0 bridgehead atoms. The standard InChI is InChI=1S/C13H18N2O2S2/c1-17-12(16)11(8-9-19-2)15-13(18)14-10-6-4-3-5-7-10/h3-7,11H,8-9H2,1-2H3,(H2,14,15,18)/t11-/m0/s1. The number of ether oxygens (including phenoxy) is 1. The van der Waals surface area contributed by atoms with E-state index < -0.39 is 6.04 Å². The van der Waals surface area contributed by atoms with Crippen molar-refractivity contribution in [3.8, 4) is 0 Å². The number of benzene rings is 1. The summed E-state index contributed by atoms with van der Waals surface area (Å²) < 4.78 is 4.76. The summed E-state index contributed by atoms with van der Waals surface area (Å²) >= 11 is 6.87. The van der Waals surface area contributed by atoms with Gasteiger partial charge in [0.2, 0.25) is 0 Å². The summed E-state index contributed by atoms with van der Waals surface area (Å²) in [6, 6.07) is 9.15. The molecule has 0 heterocycles. The monoisotopic (exact) mass is 298 g/mol. The zero-order valence-corrected chi connectivity index (χ0v) is 12.6. The van der Waals surface area contributed by atoms with Gasteiger partial charge in [-0.3, -0.25) is 0 Å². The first kappa shape index (κ1) is 15.8. The zero-order valence-electron chi connectivity index (χ0n) is 11.0. The smallest absolute Gasteiger partial charge is 0.328 e. The highest BCUT2D eigenvalue weighted by molar-refractivity contribution is 7.98. The van der Waals surface area contributed by atoms with E-state index in [1.165, 1.54) is 7.11 Å². The van der Waals surface area contributed by atoms with Gasteiger partial charge in [0, 0.05) is 5.69 Å². The zero-order chi connectivity index (χ0) is 14.1. The Hall–Kier alpha value is -1.27. The van der Waals surface area contributed by atoms with Crippen molar-refractivity contribution in [3.05, 3.63) is 30.3 Å². The van der Waals surface area contributed by atoms with Crippen LogP contribution in [-0.2, 0) is 9.53 Å².